The summed E-state index contributed by atoms with van der Waals surface area (Å²) in [5.74, 6) is -1.66. The highest BCUT2D eigenvalue weighted by atomic mass is 35.5. The number of methoxy groups -OCH3 is 1. The molecule has 34 heavy (non-hydrogen) atoms. The van der Waals surface area contributed by atoms with Gasteiger partial charge in [-0.25, -0.2) is 13.8 Å². The maximum absolute atomic E-state index is 13.8. The average molecular weight is 500 g/mol. The van der Waals surface area contributed by atoms with Crippen molar-refractivity contribution in [2.24, 2.45) is 0 Å². The smallest absolute Gasteiger partial charge is 0.263 e. The highest BCUT2D eigenvalue weighted by Gasteiger charge is 2.18. The van der Waals surface area contributed by atoms with E-state index >= 15 is 0 Å². The number of benzene rings is 3. The van der Waals surface area contributed by atoms with Gasteiger partial charge in [0.25, 0.3) is 5.91 Å². The minimum Gasteiger partial charge on any atom is -0.496 e. The lowest BCUT2D eigenvalue weighted by molar-refractivity contribution is 0.0969. The van der Waals surface area contributed by atoms with Gasteiger partial charge in [-0.3, -0.25) is 10.1 Å². The first-order valence-corrected chi connectivity index (χ1v) is 10.6. The number of pyridine rings is 1. The summed E-state index contributed by atoms with van der Waals surface area (Å²) >= 11 is 11.4. The van der Waals surface area contributed by atoms with Crippen LogP contribution in [-0.4, -0.2) is 23.1 Å². The molecule has 3 aromatic carbocycles. The van der Waals surface area contributed by atoms with Gasteiger partial charge in [0.15, 0.2) is 5.11 Å². The first-order chi connectivity index (χ1) is 16.4. The molecule has 0 atom stereocenters. The number of thiocarbonyl (C=S) groups is 1. The Kier molecular flexibility index (Phi) is 6.85. The van der Waals surface area contributed by atoms with Gasteiger partial charge >= 0.3 is 0 Å². The number of rotatable bonds is 5. The number of nitrogens with zero attached hydrogens (tertiary/aromatic N) is 1. The van der Waals surface area contributed by atoms with Crippen LogP contribution in [0.1, 0.15) is 10.4 Å². The standard InChI is InChI=1S/C24H16ClF2N3O3S/c1-32-19-9-10-20(15-6-3-2-5-14(15)19)33-23-16(25)11-13(12-28-23)29-24(34)30-22(31)21-17(26)7-4-8-18(21)27/h2-12H,1H3,(H2,29,30,31,34). The topological polar surface area (TPSA) is 72.5 Å². The molecule has 4 rings (SSSR count). The predicted octanol–water partition coefficient (Wildman–Crippen LogP) is 6.09. The van der Waals surface area contributed by atoms with Crippen molar-refractivity contribution in [3.8, 4) is 17.4 Å². The van der Waals surface area contributed by atoms with Crippen LogP contribution in [0.15, 0.2) is 66.9 Å². The number of ether oxygens (including phenoxy) is 2. The van der Waals surface area contributed by atoms with Crippen molar-refractivity contribution in [2.75, 3.05) is 12.4 Å². The molecule has 10 heteroatoms. The van der Waals surface area contributed by atoms with Crippen LogP contribution in [-0.2, 0) is 0 Å². The van der Waals surface area contributed by atoms with Crippen LogP contribution in [0.2, 0.25) is 5.02 Å². The van der Waals surface area contributed by atoms with Gasteiger partial charge in [0.1, 0.15) is 33.7 Å². The molecule has 2 N–H and O–H groups in total. The molecular formula is C24H16ClF2N3O3S. The Morgan fingerprint density at radius 1 is 1.00 bits per heavy atom. The Bertz CT molecular complexity index is 1400. The second kappa shape index (κ2) is 9.98. The van der Waals surface area contributed by atoms with Crippen LogP contribution in [0.25, 0.3) is 10.8 Å². The largest absolute Gasteiger partial charge is 0.496 e. The van der Waals surface area contributed by atoms with Crippen molar-refractivity contribution in [1.29, 1.82) is 0 Å². The second-order valence-electron chi connectivity index (χ2n) is 6.93. The van der Waals surface area contributed by atoms with Crippen LogP contribution in [0.5, 0.6) is 17.4 Å². The number of hydrogen-bond acceptors (Lipinski definition) is 5. The Morgan fingerprint density at radius 2 is 1.65 bits per heavy atom. The molecule has 0 aliphatic heterocycles. The molecule has 0 fully saturated rings. The molecule has 6 nitrogen and oxygen atoms in total. The summed E-state index contributed by atoms with van der Waals surface area (Å²) in [7, 11) is 1.59. The van der Waals surface area contributed by atoms with Crippen LogP contribution < -0.4 is 20.1 Å². The average Bonchev–Trinajstić information content (AvgIpc) is 2.80. The minimum absolute atomic E-state index is 0.144. The number of aromatic nitrogens is 1. The van der Waals surface area contributed by atoms with Gasteiger partial charge in [-0.2, -0.15) is 0 Å². The zero-order valence-corrected chi connectivity index (χ0v) is 19.1. The van der Waals surface area contributed by atoms with Gasteiger partial charge < -0.3 is 14.8 Å². The number of hydrogen-bond donors (Lipinski definition) is 2. The van der Waals surface area contributed by atoms with Crippen molar-refractivity contribution in [2.45, 2.75) is 0 Å². The lowest BCUT2D eigenvalue weighted by Crippen LogP contribution is -2.35. The number of halogens is 3. The summed E-state index contributed by atoms with van der Waals surface area (Å²) in [5, 5.41) is 6.56. The van der Waals surface area contributed by atoms with Gasteiger partial charge in [0, 0.05) is 10.8 Å². The molecule has 0 radical (unpaired) electrons. The lowest BCUT2D eigenvalue weighted by atomic mass is 10.1. The summed E-state index contributed by atoms with van der Waals surface area (Å²) in [5.41, 5.74) is -0.408. The molecule has 1 amide bonds. The van der Waals surface area contributed by atoms with Crippen molar-refractivity contribution in [3.05, 3.63) is 89.1 Å². The maximum atomic E-state index is 13.8. The van der Waals surface area contributed by atoms with Gasteiger partial charge in [0.2, 0.25) is 5.88 Å². The van der Waals surface area contributed by atoms with E-state index in [4.69, 9.17) is 33.3 Å². The third-order valence-electron chi connectivity index (χ3n) is 4.75. The van der Waals surface area contributed by atoms with E-state index in [0.29, 0.717) is 17.2 Å². The van der Waals surface area contributed by atoms with Crippen LogP contribution in [0, 0.1) is 11.6 Å². The molecule has 0 saturated heterocycles. The molecule has 0 unspecified atom stereocenters. The SMILES string of the molecule is COc1ccc(Oc2ncc(NC(=S)NC(=O)c3c(F)cccc3F)cc2Cl)c2ccccc12. The number of anilines is 1. The van der Waals surface area contributed by atoms with E-state index in [1.54, 1.807) is 19.2 Å². The third kappa shape index (κ3) is 4.90. The number of carbonyl (C=O) groups excluding carboxylic acids is 1. The maximum Gasteiger partial charge on any atom is 0.263 e. The van der Waals surface area contributed by atoms with E-state index in [1.807, 2.05) is 24.3 Å². The Morgan fingerprint density at radius 3 is 2.29 bits per heavy atom. The monoisotopic (exact) mass is 499 g/mol. The van der Waals surface area contributed by atoms with E-state index in [2.05, 4.69) is 15.6 Å². The molecule has 4 aromatic rings. The van der Waals surface area contributed by atoms with Crippen LogP contribution in [0.3, 0.4) is 0 Å². The predicted molar refractivity (Wildman–Crippen MR) is 130 cm³/mol. The molecule has 0 aliphatic rings. The molecule has 1 aromatic heterocycles. The van der Waals surface area contributed by atoms with Gasteiger partial charge in [-0.1, -0.05) is 41.9 Å². The molecular weight excluding hydrogens is 484 g/mol. The van der Waals surface area contributed by atoms with Gasteiger partial charge in [-0.05, 0) is 42.5 Å². The third-order valence-corrected chi connectivity index (χ3v) is 5.23. The Hall–Kier alpha value is -3.82. The van der Waals surface area contributed by atoms with Crippen molar-refractivity contribution in [3.63, 3.8) is 0 Å². The highest BCUT2D eigenvalue weighted by Crippen LogP contribution is 2.37. The summed E-state index contributed by atoms with van der Waals surface area (Å²) in [6.07, 6.45) is 1.38. The second-order valence-corrected chi connectivity index (χ2v) is 7.74. The minimum atomic E-state index is -1.03. The Balaban J connectivity index is 1.48. The van der Waals surface area contributed by atoms with Crippen LogP contribution >= 0.6 is 23.8 Å². The molecule has 1 heterocycles. The number of fused-ring (bicyclic) bond motifs is 1. The van der Waals surface area contributed by atoms with Gasteiger partial charge in [-0.15, -0.1) is 0 Å². The van der Waals surface area contributed by atoms with Crippen molar-refractivity contribution in [1.82, 2.24) is 10.3 Å². The lowest BCUT2D eigenvalue weighted by Gasteiger charge is -2.13. The van der Waals surface area contributed by atoms with Crippen molar-refractivity contribution < 1.29 is 23.0 Å². The van der Waals surface area contributed by atoms with E-state index < -0.39 is 23.1 Å². The molecule has 172 valence electrons. The quantitative estimate of drug-likeness (QED) is 0.323. The molecule has 0 spiro atoms. The summed E-state index contributed by atoms with van der Waals surface area (Å²) in [6, 6.07) is 15.7. The molecule has 0 saturated carbocycles. The molecule has 0 bridgehead atoms. The number of carbonyl (C=O) groups is 1. The first-order valence-electron chi connectivity index (χ1n) is 9.83. The fourth-order valence-corrected chi connectivity index (χ4v) is 3.64. The first kappa shape index (κ1) is 23.3. The zero-order chi connectivity index (χ0) is 24.2. The fraction of sp³-hybridized carbons (Fsp3) is 0.0417. The van der Waals surface area contributed by atoms with E-state index in [9.17, 15) is 13.6 Å². The summed E-state index contributed by atoms with van der Waals surface area (Å²) in [6.45, 7) is 0. The highest BCUT2D eigenvalue weighted by molar-refractivity contribution is 7.80. The van der Waals surface area contributed by atoms with E-state index in [-0.39, 0.29) is 16.0 Å². The van der Waals surface area contributed by atoms with Crippen LogP contribution in [0.4, 0.5) is 14.5 Å². The van der Waals surface area contributed by atoms with Gasteiger partial charge in [0.05, 0.1) is 19.0 Å². The number of amides is 1. The zero-order valence-electron chi connectivity index (χ0n) is 17.6. The van der Waals surface area contributed by atoms with E-state index in [0.717, 1.165) is 29.0 Å². The van der Waals surface area contributed by atoms with E-state index in [1.165, 1.54) is 12.3 Å². The summed E-state index contributed by atoms with van der Waals surface area (Å²) in [4.78, 5) is 16.4. The van der Waals surface area contributed by atoms with Crippen molar-refractivity contribution >= 4 is 51.3 Å². The fourth-order valence-electron chi connectivity index (χ4n) is 3.23. The molecule has 0 aliphatic carbocycles. The number of nitrogens with one attached hydrogen (secondary N) is 2. The summed E-state index contributed by atoms with van der Waals surface area (Å²) < 4.78 is 38.9. The normalized spacial score (nSPS) is 10.6. The Labute approximate surface area is 203 Å².